The fourth-order valence-electron chi connectivity index (χ4n) is 2.70. The van der Waals surface area contributed by atoms with E-state index in [1.165, 1.54) is 5.56 Å². The summed E-state index contributed by atoms with van der Waals surface area (Å²) in [7, 11) is 1.66. The Bertz CT molecular complexity index is 751. The average molecular weight is 309 g/mol. The molecule has 0 spiro atoms. The molecule has 0 aliphatic heterocycles. The lowest BCUT2D eigenvalue weighted by Gasteiger charge is -2.18. The quantitative estimate of drug-likeness (QED) is 0.676. The summed E-state index contributed by atoms with van der Waals surface area (Å²) >= 11 is 0. The van der Waals surface area contributed by atoms with Crippen molar-refractivity contribution >= 4 is 17.3 Å². The van der Waals surface area contributed by atoms with Gasteiger partial charge in [0.1, 0.15) is 5.75 Å². The third-order valence-electron chi connectivity index (χ3n) is 3.95. The number of ether oxygens (including phenoxy) is 1. The number of anilines is 1. The SMILES string of the molecule is COc1ccc2c(c1)CCCC2=NNC(=O)c1ccc(N)cc1. The highest BCUT2D eigenvalue weighted by Gasteiger charge is 2.16. The monoisotopic (exact) mass is 309 g/mol. The van der Waals surface area contributed by atoms with E-state index in [4.69, 9.17) is 10.5 Å². The van der Waals surface area contributed by atoms with Gasteiger partial charge in [0, 0.05) is 16.8 Å². The minimum atomic E-state index is -0.238. The first-order chi connectivity index (χ1) is 11.2. The van der Waals surface area contributed by atoms with Crippen LogP contribution in [-0.4, -0.2) is 18.7 Å². The van der Waals surface area contributed by atoms with E-state index < -0.39 is 0 Å². The Morgan fingerprint density at radius 2 is 1.96 bits per heavy atom. The van der Waals surface area contributed by atoms with Gasteiger partial charge in [-0.1, -0.05) is 0 Å². The Hall–Kier alpha value is -2.82. The maximum atomic E-state index is 12.1. The predicted molar refractivity (Wildman–Crippen MR) is 90.8 cm³/mol. The smallest absolute Gasteiger partial charge is 0.271 e. The third-order valence-corrected chi connectivity index (χ3v) is 3.95. The molecule has 5 nitrogen and oxygen atoms in total. The van der Waals surface area contributed by atoms with Crippen LogP contribution in [0.15, 0.2) is 47.6 Å². The number of amides is 1. The molecule has 0 bridgehead atoms. The van der Waals surface area contributed by atoms with E-state index in [9.17, 15) is 4.79 Å². The largest absolute Gasteiger partial charge is 0.497 e. The molecule has 3 rings (SSSR count). The zero-order chi connectivity index (χ0) is 16.2. The summed E-state index contributed by atoms with van der Waals surface area (Å²) in [6, 6.07) is 12.7. The van der Waals surface area contributed by atoms with Crippen LogP contribution in [0.4, 0.5) is 5.69 Å². The number of fused-ring (bicyclic) bond motifs is 1. The lowest BCUT2D eigenvalue weighted by atomic mass is 9.90. The second-order valence-electron chi connectivity index (χ2n) is 5.50. The number of hydrazone groups is 1. The van der Waals surface area contributed by atoms with Crippen LogP contribution in [0.5, 0.6) is 5.75 Å². The zero-order valence-corrected chi connectivity index (χ0v) is 13.0. The van der Waals surface area contributed by atoms with E-state index in [1.807, 2.05) is 18.2 Å². The maximum Gasteiger partial charge on any atom is 0.271 e. The normalized spacial score (nSPS) is 15.1. The van der Waals surface area contributed by atoms with Crippen LogP contribution in [-0.2, 0) is 6.42 Å². The molecule has 0 fully saturated rings. The van der Waals surface area contributed by atoms with Gasteiger partial charge < -0.3 is 10.5 Å². The Morgan fingerprint density at radius 3 is 2.70 bits per heavy atom. The van der Waals surface area contributed by atoms with Crippen LogP contribution in [0.25, 0.3) is 0 Å². The van der Waals surface area contributed by atoms with Crippen molar-refractivity contribution in [3.63, 3.8) is 0 Å². The van der Waals surface area contributed by atoms with Gasteiger partial charge in [-0.25, -0.2) is 5.43 Å². The molecule has 0 saturated carbocycles. The van der Waals surface area contributed by atoms with Crippen molar-refractivity contribution in [2.24, 2.45) is 5.10 Å². The minimum Gasteiger partial charge on any atom is -0.497 e. The number of hydrogen-bond acceptors (Lipinski definition) is 4. The van der Waals surface area contributed by atoms with Gasteiger partial charge in [-0.2, -0.15) is 5.10 Å². The Morgan fingerprint density at radius 1 is 1.17 bits per heavy atom. The Kier molecular flexibility index (Phi) is 4.28. The highest BCUT2D eigenvalue weighted by molar-refractivity contribution is 6.04. The summed E-state index contributed by atoms with van der Waals surface area (Å²) < 4.78 is 5.26. The van der Waals surface area contributed by atoms with Gasteiger partial charge in [0.15, 0.2) is 0 Å². The Balaban J connectivity index is 1.79. The number of nitrogens with zero attached hydrogens (tertiary/aromatic N) is 1. The standard InChI is InChI=1S/C18H19N3O2/c1-23-15-9-10-16-13(11-15)3-2-4-17(16)20-21-18(22)12-5-7-14(19)8-6-12/h5-11H,2-4,19H2,1H3,(H,21,22). The fraction of sp³-hybridized carbons (Fsp3) is 0.222. The number of nitrogen functional groups attached to an aromatic ring is 1. The molecular weight excluding hydrogens is 290 g/mol. The predicted octanol–water partition coefficient (Wildman–Crippen LogP) is 2.75. The molecule has 2 aromatic carbocycles. The van der Waals surface area contributed by atoms with E-state index >= 15 is 0 Å². The molecule has 0 atom stereocenters. The van der Waals surface area contributed by atoms with Gasteiger partial charge in [0.2, 0.25) is 0 Å². The summed E-state index contributed by atoms with van der Waals surface area (Å²) in [6.07, 6.45) is 2.86. The second kappa shape index (κ2) is 6.52. The van der Waals surface area contributed by atoms with Crippen LogP contribution in [0, 0.1) is 0 Å². The number of methoxy groups -OCH3 is 1. The summed E-state index contributed by atoms with van der Waals surface area (Å²) in [4.78, 5) is 12.1. The fourth-order valence-corrected chi connectivity index (χ4v) is 2.70. The summed E-state index contributed by atoms with van der Waals surface area (Å²) in [5.41, 5.74) is 12.6. The average Bonchev–Trinajstić information content (AvgIpc) is 2.59. The first kappa shape index (κ1) is 15.1. The van der Waals surface area contributed by atoms with E-state index in [0.29, 0.717) is 11.3 Å². The van der Waals surface area contributed by atoms with Gasteiger partial charge in [0.25, 0.3) is 5.91 Å². The number of carbonyl (C=O) groups is 1. The van der Waals surface area contributed by atoms with E-state index in [1.54, 1.807) is 31.4 Å². The van der Waals surface area contributed by atoms with Gasteiger partial charge >= 0.3 is 0 Å². The molecule has 0 heterocycles. The second-order valence-corrected chi connectivity index (χ2v) is 5.50. The lowest BCUT2D eigenvalue weighted by molar-refractivity contribution is 0.0955. The topological polar surface area (TPSA) is 76.7 Å². The lowest BCUT2D eigenvalue weighted by Crippen LogP contribution is -2.22. The number of nitrogens with one attached hydrogen (secondary N) is 1. The van der Waals surface area contributed by atoms with Crippen molar-refractivity contribution in [2.75, 3.05) is 12.8 Å². The third kappa shape index (κ3) is 3.34. The molecule has 0 aromatic heterocycles. The highest BCUT2D eigenvalue weighted by atomic mass is 16.5. The van der Waals surface area contributed by atoms with Crippen molar-refractivity contribution in [2.45, 2.75) is 19.3 Å². The number of rotatable bonds is 3. The van der Waals surface area contributed by atoms with E-state index in [2.05, 4.69) is 10.5 Å². The molecule has 1 aliphatic carbocycles. The van der Waals surface area contributed by atoms with Crippen LogP contribution in [0.3, 0.4) is 0 Å². The van der Waals surface area contributed by atoms with Gasteiger partial charge in [0.05, 0.1) is 12.8 Å². The number of hydrogen-bond donors (Lipinski definition) is 2. The first-order valence-corrected chi connectivity index (χ1v) is 7.57. The summed E-state index contributed by atoms with van der Waals surface area (Å²) in [5, 5.41) is 4.32. The van der Waals surface area contributed by atoms with Crippen LogP contribution >= 0.6 is 0 Å². The number of benzene rings is 2. The van der Waals surface area contributed by atoms with Crippen LogP contribution in [0.2, 0.25) is 0 Å². The van der Waals surface area contributed by atoms with Crippen molar-refractivity contribution in [3.8, 4) is 5.75 Å². The zero-order valence-electron chi connectivity index (χ0n) is 13.0. The molecule has 5 heteroatoms. The van der Waals surface area contributed by atoms with Crippen LogP contribution < -0.4 is 15.9 Å². The molecule has 2 aromatic rings. The van der Waals surface area contributed by atoms with Gasteiger partial charge in [-0.15, -0.1) is 0 Å². The van der Waals surface area contributed by atoms with Gasteiger partial charge in [-0.3, -0.25) is 4.79 Å². The number of nitrogens with two attached hydrogens (primary N) is 1. The summed E-state index contributed by atoms with van der Waals surface area (Å²) in [5.74, 6) is 0.606. The van der Waals surface area contributed by atoms with Crippen molar-refractivity contribution in [1.29, 1.82) is 0 Å². The first-order valence-electron chi connectivity index (χ1n) is 7.57. The van der Waals surface area contributed by atoms with Crippen molar-refractivity contribution < 1.29 is 9.53 Å². The molecule has 1 aliphatic rings. The maximum absolute atomic E-state index is 12.1. The van der Waals surface area contributed by atoms with Gasteiger partial charge in [-0.05, 0) is 67.3 Å². The molecule has 23 heavy (non-hydrogen) atoms. The molecular formula is C18H19N3O2. The molecule has 0 unspecified atom stereocenters. The van der Waals surface area contributed by atoms with Crippen molar-refractivity contribution in [1.82, 2.24) is 5.43 Å². The molecule has 0 saturated heterocycles. The minimum absolute atomic E-state index is 0.238. The van der Waals surface area contributed by atoms with E-state index in [0.717, 1.165) is 36.3 Å². The summed E-state index contributed by atoms with van der Waals surface area (Å²) in [6.45, 7) is 0. The van der Waals surface area contributed by atoms with Crippen molar-refractivity contribution in [3.05, 3.63) is 59.2 Å². The number of carbonyl (C=O) groups excluding carboxylic acids is 1. The van der Waals surface area contributed by atoms with Crippen LogP contribution in [0.1, 0.15) is 34.3 Å². The molecule has 3 N–H and O–H groups in total. The van der Waals surface area contributed by atoms with E-state index in [-0.39, 0.29) is 5.91 Å². The Labute approximate surface area is 135 Å². The molecule has 118 valence electrons. The highest BCUT2D eigenvalue weighted by Crippen LogP contribution is 2.25. The number of aryl methyl sites for hydroxylation is 1. The molecule has 1 amide bonds. The molecule has 0 radical (unpaired) electrons.